The van der Waals surface area contributed by atoms with Gasteiger partial charge in [0.1, 0.15) is 0 Å². The summed E-state index contributed by atoms with van der Waals surface area (Å²) in [6, 6.07) is 12.7. The summed E-state index contributed by atoms with van der Waals surface area (Å²) < 4.78 is 43.2. The van der Waals surface area contributed by atoms with Crippen LogP contribution >= 0.6 is 10.7 Å². The van der Waals surface area contributed by atoms with E-state index in [1.807, 2.05) is 0 Å². The SMILES string of the molecule is NS(=O)(=O)CCN1C(=O)c2ccccc2C1=O.O=C1c2ccccc2C(=O)N1CCS(=O)(=O)Cl. The molecule has 0 unspecified atom stereocenters. The van der Waals surface area contributed by atoms with E-state index >= 15 is 0 Å². The second-order valence-electron chi connectivity index (χ2n) is 7.23. The zero-order valence-corrected chi connectivity index (χ0v) is 19.8. The van der Waals surface area contributed by atoms with E-state index in [-0.39, 0.29) is 13.1 Å². The van der Waals surface area contributed by atoms with Crippen molar-refractivity contribution in [2.75, 3.05) is 24.6 Å². The number of fused-ring (bicyclic) bond motifs is 2. The number of nitrogens with zero attached hydrogens (tertiary/aromatic N) is 2. The highest BCUT2D eigenvalue weighted by molar-refractivity contribution is 8.13. The van der Waals surface area contributed by atoms with E-state index in [2.05, 4.69) is 0 Å². The molecule has 2 heterocycles. The van der Waals surface area contributed by atoms with Crippen LogP contribution in [0.3, 0.4) is 0 Å². The lowest BCUT2D eigenvalue weighted by Gasteiger charge is -2.12. The predicted octanol–water partition coefficient (Wildman–Crippen LogP) is 0.422. The van der Waals surface area contributed by atoms with Gasteiger partial charge in [0.05, 0.1) is 33.8 Å². The van der Waals surface area contributed by atoms with Crippen LogP contribution in [0.4, 0.5) is 0 Å². The van der Waals surface area contributed by atoms with E-state index in [9.17, 15) is 36.0 Å². The number of hydrogen-bond donors (Lipinski definition) is 1. The van der Waals surface area contributed by atoms with E-state index < -0.39 is 54.2 Å². The number of benzene rings is 2. The van der Waals surface area contributed by atoms with E-state index in [4.69, 9.17) is 15.8 Å². The van der Waals surface area contributed by atoms with Gasteiger partial charge in [0.15, 0.2) is 0 Å². The molecule has 0 saturated heterocycles. The number of carbonyl (C=O) groups is 4. The fraction of sp³-hybridized carbons (Fsp3) is 0.200. The Morgan fingerprint density at radius 1 is 0.618 bits per heavy atom. The first-order chi connectivity index (χ1) is 15.8. The molecule has 2 aromatic rings. The summed E-state index contributed by atoms with van der Waals surface area (Å²) in [6.45, 7) is -0.441. The van der Waals surface area contributed by atoms with Crippen molar-refractivity contribution in [3.05, 3.63) is 70.8 Å². The summed E-state index contributed by atoms with van der Waals surface area (Å²) in [4.78, 5) is 49.0. The second-order valence-corrected chi connectivity index (χ2v) is 11.9. The Labute approximate surface area is 199 Å². The van der Waals surface area contributed by atoms with Crippen LogP contribution in [-0.2, 0) is 19.1 Å². The van der Waals surface area contributed by atoms with Gasteiger partial charge in [-0.15, -0.1) is 0 Å². The van der Waals surface area contributed by atoms with Crippen LogP contribution in [0.5, 0.6) is 0 Å². The summed E-state index contributed by atoms with van der Waals surface area (Å²) in [5.74, 6) is -2.79. The highest BCUT2D eigenvalue weighted by Crippen LogP contribution is 2.23. The predicted molar refractivity (Wildman–Crippen MR) is 121 cm³/mol. The molecule has 0 spiro atoms. The Morgan fingerprint density at radius 2 is 0.912 bits per heavy atom. The zero-order valence-electron chi connectivity index (χ0n) is 17.4. The first-order valence-electron chi connectivity index (χ1n) is 9.63. The van der Waals surface area contributed by atoms with Crippen LogP contribution in [-0.4, -0.2) is 74.9 Å². The van der Waals surface area contributed by atoms with Crippen molar-refractivity contribution in [1.82, 2.24) is 9.80 Å². The molecule has 0 bridgehead atoms. The Kier molecular flexibility index (Phi) is 7.21. The number of halogens is 1. The molecule has 0 aromatic heterocycles. The molecule has 180 valence electrons. The molecule has 2 aliphatic rings. The lowest BCUT2D eigenvalue weighted by molar-refractivity contribution is 0.0648. The van der Waals surface area contributed by atoms with Gasteiger partial charge in [-0.2, -0.15) is 0 Å². The van der Waals surface area contributed by atoms with Crippen LogP contribution in [0.1, 0.15) is 41.4 Å². The lowest BCUT2D eigenvalue weighted by atomic mass is 10.1. The van der Waals surface area contributed by atoms with Gasteiger partial charge >= 0.3 is 0 Å². The number of carbonyl (C=O) groups excluding carboxylic acids is 4. The molecular weight excluding hydrogens is 510 g/mol. The van der Waals surface area contributed by atoms with Gasteiger partial charge in [-0.25, -0.2) is 22.0 Å². The molecule has 0 radical (unpaired) electrons. The van der Waals surface area contributed by atoms with Gasteiger partial charge in [-0.3, -0.25) is 29.0 Å². The van der Waals surface area contributed by atoms with E-state index in [0.717, 1.165) is 9.80 Å². The quantitative estimate of drug-likeness (QED) is 0.416. The standard InChI is InChI=1S/C10H8ClNO4S.C10H10N2O4S/c2*11-17(15,16)6-5-12-9(13)7-3-1-2-4-8(7)10(12)14/h1-4H,5-6H2;1-4H,5-6H2,(H2,11,15,16). The minimum Gasteiger partial charge on any atom is -0.273 e. The van der Waals surface area contributed by atoms with Crippen LogP contribution in [0.2, 0.25) is 0 Å². The Balaban J connectivity index is 0.000000191. The monoisotopic (exact) mass is 527 g/mol. The summed E-state index contributed by atoms with van der Waals surface area (Å²) in [5.41, 5.74) is 1.19. The Hall–Kier alpha value is -3.13. The minimum atomic E-state index is -3.72. The summed E-state index contributed by atoms with van der Waals surface area (Å²) >= 11 is 0. The van der Waals surface area contributed by atoms with Crippen molar-refractivity contribution in [1.29, 1.82) is 0 Å². The van der Waals surface area contributed by atoms with Gasteiger partial charge in [-0.05, 0) is 24.3 Å². The Bertz CT molecular complexity index is 1230. The van der Waals surface area contributed by atoms with Crippen molar-refractivity contribution in [2.45, 2.75) is 0 Å². The number of amides is 4. The summed E-state index contributed by atoms with van der Waals surface area (Å²) in [6.07, 6.45) is 0. The minimum absolute atomic E-state index is 0.217. The van der Waals surface area contributed by atoms with Crippen molar-refractivity contribution >= 4 is 53.4 Å². The number of hydrogen-bond acceptors (Lipinski definition) is 8. The number of nitrogens with two attached hydrogens (primary N) is 1. The molecule has 0 atom stereocenters. The smallest absolute Gasteiger partial charge is 0.261 e. The number of primary sulfonamides is 1. The third kappa shape index (κ3) is 5.67. The maximum atomic E-state index is 11.8. The molecular formula is C20H18ClN3O8S2. The fourth-order valence-electron chi connectivity index (χ4n) is 3.30. The Morgan fingerprint density at radius 3 is 1.18 bits per heavy atom. The van der Waals surface area contributed by atoms with Crippen molar-refractivity contribution in [3.8, 4) is 0 Å². The summed E-state index contributed by atoms with van der Waals surface area (Å²) in [5, 5.41) is 4.83. The molecule has 2 aromatic carbocycles. The summed E-state index contributed by atoms with van der Waals surface area (Å²) in [7, 11) is -2.37. The number of sulfonamides is 1. The fourth-order valence-corrected chi connectivity index (χ4v) is 4.35. The maximum absolute atomic E-state index is 11.8. The van der Waals surface area contributed by atoms with Crippen LogP contribution in [0, 0.1) is 0 Å². The van der Waals surface area contributed by atoms with Gasteiger partial charge in [0.25, 0.3) is 23.6 Å². The molecule has 4 rings (SSSR count). The second kappa shape index (κ2) is 9.62. The van der Waals surface area contributed by atoms with Crippen LogP contribution in [0.25, 0.3) is 0 Å². The maximum Gasteiger partial charge on any atom is 0.261 e. The topological polar surface area (TPSA) is 169 Å². The molecule has 2 aliphatic heterocycles. The molecule has 14 heteroatoms. The van der Waals surface area contributed by atoms with Gasteiger partial charge in [0.2, 0.25) is 19.1 Å². The molecule has 0 aliphatic carbocycles. The first kappa shape index (κ1) is 25.5. The largest absolute Gasteiger partial charge is 0.273 e. The number of rotatable bonds is 6. The molecule has 11 nitrogen and oxygen atoms in total. The normalized spacial score (nSPS) is 15.2. The van der Waals surface area contributed by atoms with Crippen molar-refractivity contribution in [3.63, 3.8) is 0 Å². The molecule has 4 amide bonds. The third-order valence-electron chi connectivity index (χ3n) is 4.91. The molecule has 2 N–H and O–H groups in total. The van der Waals surface area contributed by atoms with E-state index in [1.54, 1.807) is 24.3 Å². The lowest BCUT2D eigenvalue weighted by Crippen LogP contribution is -2.35. The highest BCUT2D eigenvalue weighted by Gasteiger charge is 2.36. The van der Waals surface area contributed by atoms with Gasteiger partial charge in [-0.1, -0.05) is 24.3 Å². The zero-order chi connectivity index (χ0) is 25.3. The molecule has 0 fully saturated rings. The van der Waals surface area contributed by atoms with E-state index in [1.165, 1.54) is 24.3 Å². The average molecular weight is 528 g/mol. The van der Waals surface area contributed by atoms with Crippen LogP contribution in [0.15, 0.2) is 48.5 Å². The molecule has 0 saturated carbocycles. The first-order valence-corrected chi connectivity index (χ1v) is 13.8. The van der Waals surface area contributed by atoms with Gasteiger partial charge in [0, 0.05) is 23.8 Å². The van der Waals surface area contributed by atoms with Crippen LogP contribution < -0.4 is 5.14 Å². The highest BCUT2D eigenvalue weighted by atomic mass is 35.7. The number of imide groups is 2. The molecule has 34 heavy (non-hydrogen) atoms. The third-order valence-corrected chi connectivity index (χ3v) is 6.80. The van der Waals surface area contributed by atoms with E-state index in [0.29, 0.717) is 22.3 Å². The van der Waals surface area contributed by atoms with Gasteiger partial charge < -0.3 is 0 Å². The van der Waals surface area contributed by atoms with Crippen molar-refractivity contribution in [2.24, 2.45) is 5.14 Å². The average Bonchev–Trinajstić information content (AvgIpc) is 3.15. The van der Waals surface area contributed by atoms with Crippen molar-refractivity contribution < 1.29 is 36.0 Å².